The topological polar surface area (TPSA) is 55.9 Å². The number of aliphatic hydroxyl groups is 1. The molecule has 5 nitrogen and oxygen atoms in total. The molecular weight excluding hydrogens is 320 g/mol. The van der Waals surface area contributed by atoms with Gasteiger partial charge in [0.25, 0.3) is 0 Å². The standard InChI is InChI=1S/C14H21BrN4O/c1-5-19-11(14(15)10(4)17-19)6-13(20)12-7-16-8-18(12)9(2)3/h7-9,13,20H,5-6H2,1-4H3. The molecule has 0 amide bonds. The van der Waals surface area contributed by atoms with E-state index in [1.807, 2.05) is 23.1 Å². The smallest absolute Gasteiger partial charge is 0.101 e. The fourth-order valence-electron chi connectivity index (χ4n) is 2.36. The van der Waals surface area contributed by atoms with Crippen LogP contribution >= 0.6 is 15.9 Å². The average Bonchev–Trinajstić information content (AvgIpc) is 2.99. The van der Waals surface area contributed by atoms with E-state index in [9.17, 15) is 5.11 Å². The average molecular weight is 341 g/mol. The molecular formula is C14H21BrN4O. The van der Waals surface area contributed by atoms with E-state index in [1.165, 1.54) is 0 Å². The number of rotatable bonds is 5. The minimum Gasteiger partial charge on any atom is -0.386 e. The van der Waals surface area contributed by atoms with Gasteiger partial charge in [-0.3, -0.25) is 4.68 Å². The summed E-state index contributed by atoms with van der Waals surface area (Å²) >= 11 is 3.56. The summed E-state index contributed by atoms with van der Waals surface area (Å²) in [4.78, 5) is 4.15. The zero-order valence-electron chi connectivity index (χ0n) is 12.3. The summed E-state index contributed by atoms with van der Waals surface area (Å²) in [5, 5.41) is 15.0. The van der Waals surface area contributed by atoms with Crippen LogP contribution in [-0.4, -0.2) is 24.4 Å². The fourth-order valence-corrected chi connectivity index (χ4v) is 2.80. The van der Waals surface area contributed by atoms with Gasteiger partial charge in [0, 0.05) is 19.0 Å². The highest BCUT2D eigenvalue weighted by molar-refractivity contribution is 9.10. The van der Waals surface area contributed by atoms with E-state index in [2.05, 4.69) is 39.9 Å². The molecule has 1 unspecified atom stereocenters. The summed E-state index contributed by atoms with van der Waals surface area (Å²) < 4.78 is 4.91. The Labute approximate surface area is 127 Å². The lowest BCUT2D eigenvalue weighted by Crippen LogP contribution is -2.13. The van der Waals surface area contributed by atoms with Gasteiger partial charge in [-0.05, 0) is 43.6 Å². The maximum Gasteiger partial charge on any atom is 0.101 e. The molecule has 1 N–H and O–H groups in total. The number of aliphatic hydroxyl groups excluding tert-OH is 1. The van der Waals surface area contributed by atoms with Gasteiger partial charge in [0.2, 0.25) is 0 Å². The van der Waals surface area contributed by atoms with Gasteiger partial charge in [0.15, 0.2) is 0 Å². The Balaban J connectivity index is 2.28. The van der Waals surface area contributed by atoms with Crippen molar-refractivity contribution < 1.29 is 5.11 Å². The summed E-state index contributed by atoms with van der Waals surface area (Å²) in [6.07, 6.45) is 3.43. The molecule has 0 aliphatic rings. The third-order valence-corrected chi connectivity index (χ3v) is 4.46. The van der Waals surface area contributed by atoms with Crippen LogP contribution in [0.5, 0.6) is 0 Å². The van der Waals surface area contributed by atoms with Crippen molar-refractivity contribution >= 4 is 15.9 Å². The summed E-state index contributed by atoms with van der Waals surface area (Å²) in [6.45, 7) is 8.96. The van der Waals surface area contributed by atoms with Crippen molar-refractivity contribution in [2.24, 2.45) is 0 Å². The van der Waals surface area contributed by atoms with Crippen molar-refractivity contribution in [2.45, 2.75) is 52.8 Å². The third kappa shape index (κ3) is 2.81. The van der Waals surface area contributed by atoms with Crippen LogP contribution in [0.3, 0.4) is 0 Å². The van der Waals surface area contributed by atoms with Gasteiger partial charge in [0.05, 0.1) is 34.1 Å². The van der Waals surface area contributed by atoms with Gasteiger partial charge in [-0.2, -0.15) is 5.10 Å². The molecule has 0 saturated heterocycles. The maximum absolute atomic E-state index is 10.5. The first kappa shape index (κ1) is 15.3. The SMILES string of the molecule is CCn1nc(C)c(Br)c1CC(O)c1cncn1C(C)C. The molecule has 20 heavy (non-hydrogen) atoms. The van der Waals surface area contributed by atoms with Crippen LogP contribution in [-0.2, 0) is 13.0 Å². The van der Waals surface area contributed by atoms with E-state index in [1.54, 1.807) is 12.5 Å². The molecule has 110 valence electrons. The quantitative estimate of drug-likeness (QED) is 0.910. The van der Waals surface area contributed by atoms with Crippen molar-refractivity contribution in [3.63, 3.8) is 0 Å². The fraction of sp³-hybridized carbons (Fsp3) is 0.571. The minimum atomic E-state index is -0.586. The Morgan fingerprint density at radius 2 is 2.10 bits per heavy atom. The Morgan fingerprint density at radius 1 is 1.40 bits per heavy atom. The van der Waals surface area contributed by atoms with Crippen LogP contribution < -0.4 is 0 Å². The normalized spacial score (nSPS) is 13.2. The molecule has 0 bridgehead atoms. The van der Waals surface area contributed by atoms with Crippen LogP contribution in [0, 0.1) is 6.92 Å². The van der Waals surface area contributed by atoms with Gasteiger partial charge in [-0.25, -0.2) is 4.98 Å². The largest absolute Gasteiger partial charge is 0.386 e. The first-order valence-corrected chi connectivity index (χ1v) is 7.66. The Morgan fingerprint density at radius 3 is 2.70 bits per heavy atom. The van der Waals surface area contributed by atoms with E-state index in [4.69, 9.17) is 0 Å². The first-order valence-electron chi connectivity index (χ1n) is 6.87. The van der Waals surface area contributed by atoms with E-state index in [0.29, 0.717) is 6.42 Å². The third-order valence-electron chi connectivity index (χ3n) is 3.43. The molecule has 0 saturated carbocycles. The van der Waals surface area contributed by atoms with E-state index >= 15 is 0 Å². The number of imidazole rings is 1. The monoisotopic (exact) mass is 340 g/mol. The highest BCUT2D eigenvalue weighted by atomic mass is 79.9. The Kier molecular flexibility index (Phi) is 4.65. The molecule has 1 atom stereocenters. The number of hydrogen-bond donors (Lipinski definition) is 1. The van der Waals surface area contributed by atoms with Gasteiger partial charge < -0.3 is 9.67 Å². The molecule has 6 heteroatoms. The highest BCUT2D eigenvalue weighted by Gasteiger charge is 2.20. The molecule has 0 spiro atoms. The van der Waals surface area contributed by atoms with E-state index in [-0.39, 0.29) is 6.04 Å². The molecule has 0 aliphatic carbocycles. The van der Waals surface area contributed by atoms with Crippen LogP contribution in [0.4, 0.5) is 0 Å². The second-order valence-electron chi connectivity index (χ2n) is 5.20. The predicted molar refractivity (Wildman–Crippen MR) is 81.6 cm³/mol. The van der Waals surface area contributed by atoms with Gasteiger partial charge >= 0.3 is 0 Å². The molecule has 2 aromatic rings. The van der Waals surface area contributed by atoms with Crippen molar-refractivity contribution in [3.8, 4) is 0 Å². The second kappa shape index (κ2) is 6.10. The second-order valence-corrected chi connectivity index (χ2v) is 5.99. The molecule has 2 rings (SSSR count). The molecule has 0 aromatic carbocycles. The number of nitrogens with zero attached hydrogens (tertiary/aromatic N) is 4. The van der Waals surface area contributed by atoms with Crippen LogP contribution in [0.25, 0.3) is 0 Å². The summed E-state index contributed by atoms with van der Waals surface area (Å²) in [5.74, 6) is 0. The molecule has 2 heterocycles. The Bertz CT molecular complexity index is 588. The lowest BCUT2D eigenvalue weighted by Gasteiger charge is -2.17. The van der Waals surface area contributed by atoms with Gasteiger partial charge in [0.1, 0.15) is 6.10 Å². The Hall–Kier alpha value is -1.14. The maximum atomic E-state index is 10.5. The number of aromatic nitrogens is 4. The molecule has 0 fully saturated rings. The van der Waals surface area contributed by atoms with E-state index < -0.39 is 6.10 Å². The first-order chi connectivity index (χ1) is 9.45. The van der Waals surface area contributed by atoms with Crippen molar-refractivity contribution in [2.75, 3.05) is 0 Å². The van der Waals surface area contributed by atoms with Crippen LogP contribution in [0.1, 0.15) is 50.0 Å². The van der Waals surface area contributed by atoms with Gasteiger partial charge in [-0.1, -0.05) is 0 Å². The molecule has 0 radical (unpaired) electrons. The molecule has 0 aliphatic heterocycles. The lowest BCUT2D eigenvalue weighted by atomic mass is 10.1. The lowest BCUT2D eigenvalue weighted by molar-refractivity contribution is 0.164. The zero-order valence-corrected chi connectivity index (χ0v) is 13.9. The summed E-state index contributed by atoms with van der Waals surface area (Å²) in [6, 6.07) is 0.281. The highest BCUT2D eigenvalue weighted by Crippen LogP contribution is 2.27. The number of aryl methyl sites for hydroxylation is 2. The van der Waals surface area contributed by atoms with Crippen molar-refractivity contribution in [1.29, 1.82) is 0 Å². The van der Waals surface area contributed by atoms with E-state index in [0.717, 1.165) is 28.1 Å². The predicted octanol–water partition coefficient (Wildman–Crippen LogP) is 3.03. The summed E-state index contributed by atoms with van der Waals surface area (Å²) in [5.41, 5.74) is 2.81. The zero-order chi connectivity index (χ0) is 14.9. The van der Waals surface area contributed by atoms with Crippen molar-refractivity contribution in [3.05, 3.63) is 34.1 Å². The minimum absolute atomic E-state index is 0.281. The van der Waals surface area contributed by atoms with Crippen LogP contribution in [0.15, 0.2) is 17.0 Å². The van der Waals surface area contributed by atoms with Gasteiger partial charge in [-0.15, -0.1) is 0 Å². The van der Waals surface area contributed by atoms with Crippen LogP contribution in [0.2, 0.25) is 0 Å². The van der Waals surface area contributed by atoms with Crippen molar-refractivity contribution in [1.82, 2.24) is 19.3 Å². The number of hydrogen-bond acceptors (Lipinski definition) is 3. The molecule has 2 aromatic heterocycles. The number of halogens is 1. The summed E-state index contributed by atoms with van der Waals surface area (Å²) in [7, 11) is 0.